The molecule has 0 aliphatic rings. The van der Waals surface area contributed by atoms with Gasteiger partial charge in [0.15, 0.2) is 0 Å². The molecule has 0 fully saturated rings. The number of halogens is 1. The number of carbonyl (C=O) groups excluding carboxylic acids is 1. The van der Waals surface area contributed by atoms with E-state index in [1.807, 2.05) is 14.0 Å². The summed E-state index contributed by atoms with van der Waals surface area (Å²) in [6, 6.07) is 6.27. The van der Waals surface area contributed by atoms with E-state index in [4.69, 9.17) is 0 Å². The van der Waals surface area contributed by atoms with Gasteiger partial charge >= 0.3 is 0 Å². The molecule has 0 saturated heterocycles. The predicted molar refractivity (Wildman–Crippen MR) is 80.1 cm³/mol. The largest absolute Gasteiger partial charge is 0.354 e. The first kappa shape index (κ1) is 16.6. The molecule has 112 valence electrons. The number of rotatable bonds is 8. The first-order valence-corrected chi connectivity index (χ1v) is 7.27. The van der Waals surface area contributed by atoms with Crippen molar-refractivity contribution in [3.63, 3.8) is 0 Å². The Morgan fingerprint density at radius 3 is 2.60 bits per heavy atom. The Morgan fingerprint density at radius 1 is 1.35 bits per heavy atom. The van der Waals surface area contributed by atoms with E-state index in [2.05, 4.69) is 17.1 Å². The number of likely N-dealkylation sites (N-methyl/N-ethyl adjacent to an activating group) is 1. The fourth-order valence-corrected chi connectivity index (χ4v) is 1.93. The summed E-state index contributed by atoms with van der Waals surface area (Å²) in [5.74, 6) is -0.185. The van der Waals surface area contributed by atoms with Crippen LogP contribution in [0.1, 0.15) is 32.3 Å². The van der Waals surface area contributed by atoms with Crippen molar-refractivity contribution >= 4 is 5.91 Å². The zero-order chi connectivity index (χ0) is 15.0. The maximum absolute atomic E-state index is 12.8. The minimum atomic E-state index is -0.232. The number of carbonyl (C=O) groups is 1. The number of hydrogen-bond acceptors (Lipinski definition) is 2. The summed E-state index contributed by atoms with van der Waals surface area (Å²) < 4.78 is 12.8. The Balaban J connectivity index is 2.30. The van der Waals surface area contributed by atoms with Crippen molar-refractivity contribution in [3.8, 4) is 0 Å². The molecule has 1 N–H and O–H groups in total. The van der Waals surface area contributed by atoms with E-state index < -0.39 is 0 Å². The molecule has 3 nitrogen and oxygen atoms in total. The Bertz CT molecular complexity index is 405. The van der Waals surface area contributed by atoms with E-state index >= 15 is 0 Å². The summed E-state index contributed by atoms with van der Waals surface area (Å²) in [7, 11) is 1.97. The smallest absolute Gasteiger partial charge is 0.237 e. The average Bonchev–Trinajstić information content (AvgIpc) is 2.45. The molecule has 1 aromatic rings. The lowest BCUT2D eigenvalue weighted by molar-refractivity contribution is -0.125. The zero-order valence-electron chi connectivity index (χ0n) is 12.7. The van der Waals surface area contributed by atoms with E-state index in [9.17, 15) is 9.18 Å². The standard InChI is InChI=1S/C16H25FN2O/c1-4-5-12-19(3)13(2)16(20)18-11-10-14-6-8-15(17)9-7-14/h6-9,13H,4-5,10-12H2,1-3H3,(H,18,20). The van der Waals surface area contributed by atoms with Gasteiger partial charge in [-0.15, -0.1) is 0 Å². The van der Waals surface area contributed by atoms with Crippen LogP contribution in [0.15, 0.2) is 24.3 Å². The average molecular weight is 280 g/mol. The molecule has 1 amide bonds. The van der Waals surface area contributed by atoms with Gasteiger partial charge in [-0.05, 0) is 51.1 Å². The Labute approximate surface area is 121 Å². The van der Waals surface area contributed by atoms with Crippen molar-refractivity contribution in [1.29, 1.82) is 0 Å². The summed E-state index contributed by atoms with van der Waals surface area (Å²) in [6.07, 6.45) is 2.95. The van der Waals surface area contributed by atoms with Crippen LogP contribution in [0.2, 0.25) is 0 Å². The van der Waals surface area contributed by atoms with Gasteiger partial charge in [0.2, 0.25) is 5.91 Å². The molecule has 1 atom stereocenters. The second kappa shape index (κ2) is 8.69. The second-order valence-corrected chi connectivity index (χ2v) is 5.18. The van der Waals surface area contributed by atoms with Crippen LogP contribution in [-0.4, -0.2) is 37.0 Å². The third kappa shape index (κ3) is 5.70. The lowest BCUT2D eigenvalue weighted by atomic mass is 10.1. The lowest BCUT2D eigenvalue weighted by Gasteiger charge is -2.23. The summed E-state index contributed by atoms with van der Waals surface area (Å²) in [5, 5.41) is 2.93. The highest BCUT2D eigenvalue weighted by molar-refractivity contribution is 5.81. The van der Waals surface area contributed by atoms with Gasteiger partial charge in [0, 0.05) is 6.54 Å². The van der Waals surface area contributed by atoms with Crippen LogP contribution in [0.5, 0.6) is 0 Å². The number of hydrogen-bond donors (Lipinski definition) is 1. The molecule has 0 aliphatic heterocycles. The van der Waals surface area contributed by atoms with Crippen LogP contribution in [0.25, 0.3) is 0 Å². The quantitative estimate of drug-likeness (QED) is 0.794. The van der Waals surface area contributed by atoms with Crippen molar-refractivity contribution in [2.45, 2.75) is 39.2 Å². The van der Waals surface area contributed by atoms with Crippen molar-refractivity contribution < 1.29 is 9.18 Å². The van der Waals surface area contributed by atoms with E-state index in [0.717, 1.165) is 31.4 Å². The molecule has 0 aliphatic carbocycles. The molecule has 0 heterocycles. The first-order valence-electron chi connectivity index (χ1n) is 7.27. The Kier molecular flexibility index (Phi) is 7.23. The lowest BCUT2D eigenvalue weighted by Crippen LogP contribution is -2.44. The van der Waals surface area contributed by atoms with Crippen molar-refractivity contribution in [2.75, 3.05) is 20.1 Å². The molecule has 1 unspecified atom stereocenters. The molecule has 0 spiro atoms. The minimum absolute atomic E-state index is 0.0470. The van der Waals surface area contributed by atoms with Crippen molar-refractivity contribution in [3.05, 3.63) is 35.6 Å². The third-order valence-electron chi connectivity index (χ3n) is 3.53. The van der Waals surface area contributed by atoms with Crippen molar-refractivity contribution in [1.82, 2.24) is 10.2 Å². The molecule has 0 radical (unpaired) electrons. The second-order valence-electron chi connectivity index (χ2n) is 5.18. The molecule has 0 aromatic heterocycles. The van der Waals surface area contributed by atoms with Gasteiger partial charge in [0.05, 0.1) is 6.04 Å². The monoisotopic (exact) mass is 280 g/mol. The van der Waals surface area contributed by atoms with Gasteiger partial charge in [-0.1, -0.05) is 25.5 Å². The van der Waals surface area contributed by atoms with Crippen LogP contribution in [0, 0.1) is 5.82 Å². The Hall–Kier alpha value is -1.42. The fourth-order valence-electron chi connectivity index (χ4n) is 1.93. The number of unbranched alkanes of at least 4 members (excludes halogenated alkanes) is 1. The molecular formula is C16H25FN2O. The van der Waals surface area contributed by atoms with Gasteiger partial charge in [-0.3, -0.25) is 9.69 Å². The summed E-state index contributed by atoms with van der Waals surface area (Å²) in [5.41, 5.74) is 1.03. The normalized spacial score (nSPS) is 12.4. The fraction of sp³-hybridized carbons (Fsp3) is 0.562. The van der Waals surface area contributed by atoms with Crippen LogP contribution in [0.4, 0.5) is 4.39 Å². The molecule has 1 aromatic carbocycles. The first-order chi connectivity index (χ1) is 9.54. The maximum Gasteiger partial charge on any atom is 0.237 e. The highest BCUT2D eigenvalue weighted by Gasteiger charge is 2.16. The van der Waals surface area contributed by atoms with E-state index in [1.165, 1.54) is 12.1 Å². The molecule has 4 heteroatoms. The number of nitrogens with one attached hydrogen (secondary N) is 1. The molecular weight excluding hydrogens is 255 g/mol. The summed E-state index contributed by atoms with van der Waals surface area (Å²) in [4.78, 5) is 14.0. The van der Waals surface area contributed by atoms with Gasteiger partial charge in [0.25, 0.3) is 0 Å². The highest BCUT2D eigenvalue weighted by Crippen LogP contribution is 2.03. The van der Waals surface area contributed by atoms with Gasteiger partial charge in [-0.25, -0.2) is 4.39 Å². The number of amides is 1. The SMILES string of the molecule is CCCCN(C)C(C)C(=O)NCCc1ccc(F)cc1. The molecule has 1 rings (SSSR count). The third-order valence-corrected chi connectivity index (χ3v) is 3.53. The topological polar surface area (TPSA) is 32.3 Å². The van der Waals surface area contributed by atoms with E-state index in [-0.39, 0.29) is 17.8 Å². The van der Waals surface area contributed by atoms with Crippen molar-refractivity contribution in [2.24, 2.45) is 0 Å². The summed E-state index contributed by atoms with van der Waals surface area (Å²) >= 11 is 0. The van der Waals surface area contributed by atoms with Crippen LogP contribution in [0.3, 0.4) is 0 Å². The van der Waals surface area contributed by atoms with Gasteiger partial charge < -0.3 is 5.32 Å². The van der Waals surface area contributed by atoms with Crippen LogP contribution >= 0.6 is 0 Å². The molecule has 20 heavy (non-hydrogen) atoms. The highest BCUT2D eigenvalue weighted by atomic mass is 19.1. The number of nitrogens with zero attached hydrogens (tertiary/aromatic N) is 1. The molecule has 0 bridgehead atoms. The minimum Gasteiger partial charge on any atom is -0.354 e. The number of benzene rings is 1. The van der Waals surface area contributed by atoms with Crippen LogP contribution in [-0.2, 0) is 11.2 Å². The molecule has 0 saturated carbocycles. The van der Waals surface area contributed by atoms with Gasteiger partial charge in [0.1, 0.15) is 5.82 Å². The Morgan fingerprint density at radius 2 is 2.00 bits per heavy atom. The predicted octanol–water partition coefficient (Wildman–Crippen LogP) is 2.60. The van der Waals surface area contributed by atoms with Gasteiger partial charge in [-0.2, -0.15) is 0 Å². The van der Waals surface area contributed by atoms with E-state index in [0.29, 0.717) is 6.54 Å². The van der Waals surface area contributed by atoms with Crippen LogP contribution < -0.4 is 5.32 Å². The summed E-state index contributed by atoms with van der Waals surface area (Å²) in [6.45, 7) is 5.57. The maximum atomic E-state index is 12.8. The zero-order valence-corrected chi connectivity index (χ0v) is 12.7. The van der Waals surface area contributed by atoms with E-state index in [1.54, 1.807) is 12.1 Å².